The van der Waals surface area contributed by atoms with Gasteiger partial charge in [-0.15, -0.1) is 0 Å². The molecule has 2 rings (SSSR count). The minimum absolute atomic E-state index is 0.0640. The second-order valence-corrected chi connectivity index (χ2v) is 4.65. The lowest BCUT2D eigenvalue weighted by atomic mass is 10.0. The van der Waals surface area contributed by atoms with Crippen molar-refractivity contribution in [1.82, 2.24) is 0 Å². The Morgan fingerprint density at radius 2 is 1.90 bits per heavy atom. The van der Waals surface area contributed by atoms with Crippen molar-refractivity contribution >= 4 is 5.78 Å². The van der Waals surface area contributed by atoms with E-state index in [-0.39, 0.29) is 11.5 Å². The van der Waals surface area contributed by atoms with Crippen molar-refractivity contribution in [2.45, 2.75) is 26.9 Å². The minimum Gasteiger partial charge on any atom is -0.508 e. The van der Waals surface area contributed by atoms with Gasteiger partial charge in [-0.25, -0.2) is 0 Å². The Labute approximate surface area is 118 Å². The molecular formula is C17H18O3. The van der Waals surface area contributed by atoms with Crippen molar-refractivity contribution in [3.05, 3.63) is 59.2 Å². The average molecular weight is 270 g/mol. The lowest BCUT2D eigenvalue weighted by molar-refractivity contribution is 0.101. The SMILES string of the molecule is CCc1cc(OCc2ccccc2O)ccc1C(C)=O. The molecule has 0 spiro atoms. The summed E-state index contributed by atoms with van der Waals surface area (Å²) >= 11 is 0. The summed E-state index contributed by atoms with van der Waals surface area (Å²) in [5, 5.41) is 9.68. The van der Waals surface area contributed by atoms with Crippen molar-refractivity contribution in [2.75, 3.05) is 0 Å². The molecule has 2 aromatic rings. The standard InChI is InChI=1S/C17H18O3/c1-3-13-10-15(8-9-16(13)12(2)18)20-11-14-6-4-5-7-17(14)19/h4-10,19H,3,11H2,1-2H3. The van der Waals surface area contributed by atoms with Gasteiger partial charge in [-0.2, -0.15) is 0 Å². The summed E-state index contributed by atoms with van der Waals surface area (Å²) < 4.78 is 5.68. The van der Waals surface area contributed by atoms with E-state index in [1.807, 2.05) is 25.1 Å². The highest BCUT2D eigenvalue weighted by Gasteiger charge is 2.08. The molecule has 0 aromatic heterocycles. The molecule has 0 aliphatic rings. The van der Waals surface area contributed by atoms with Gasteiger partial charge in [-0.1, -0.05) is 25.1 Å². The van der Waals surface area contributed by atoms with Crippen LogP contribution in [0.5, 0.6) is 11.5 Å². The number of aromatic hydroxyl groups is 1. The van der Waals surface area contributed by atoms with Crippen LogP contribution in [0, 0.1) is 0 Å². The molecule has 0 saturated heterocycles. The van der Waals surface area contributed by atoms with E-state index in [0.29, 0.717) is 12.4 Å². The molecule has 2 aromatic carbocycles. The molecule has 1 N–H and O–H groups in total. The van der Waals surface area contributed by atoms with E-state index in [9.17, 15) is 9.90 Å². The van der Waals surface area contributed by atoms with Gasteiger partial charge in [-0.05, 0) is 43.2 Å². The second-order valence-electron chi connectivity index (χ2n) is 4.65. The van der Waals surface area contributed by atoms with E-state index in [1.54, 1.807) is 31.2 Å². The van der Waals surface area contributed by atoms with Crippen LogP contribution in [0.3, 0.4) is 0 Å². The molecule has 104 valence electrons. The van der Waals surface area contributed by atoms with Crippen molar-refractivity contribution in [3.8, 4) is 11.5 Å². The van der Waals surface area contributed by atoms with Crippen LogP contribution in [0.15, 0.2) is 42.5 Å². The highest BCUT2D eigenvalue weighted by molar-refractivity contribution is 5.95. The number of aryl methyl sites for hydroxylation is 1. The number of benzene rings is 2. The molecular weight excluding hydrogens is 252 g/mol. The fourth-order valence-corrected chi connectivity index (χ4v) is 2.09. The van der Waals surface area contributed by atoms with Crippen molar-refractivity contribution in [1.29, 1.82) is 0 Å². The van der Waals surface area contributed by atoms with Gasteiger partial charge in [0.25, 0.3) is 0 Å². The summed E-state index contributed by atoms with van der Waals surface area (Å²) in [4.78, 5) is 11.5. The third kappa shape index (κ3) is 3.18. The van der Waals surface area contributed by atoms with Crippen LogP contribution >= 0.6 is 0 Å². The van der Waals surface area contributed by atoms with Gasteiger partial charge >= 0.3 is 0 Å². The normalized spacial score (nSPS) is 10.3. The molecule has 0 radical (unpaired) electrons. The average Bonchev–Trinajstić information content (AvgIpc) is 2.46. The number of phenolic OH excluding ortho intramolecular Hbond substituents is 1. The lowest BCUT2D eigenvalue weighted by Gasteiger charge is -2.11. The van der Waals surface area contributed by atoms with Crippen LogP contribution in [0.25, 0.3) is 0 Å². The molecule has 3 nitrogen and oxygen atoms in total. The Balaban J connectivity index is 2.15. The largest absolute Gasteiger partial charge is 0.508 e. The molecule has 0 heterocycles. The molecule has 3 heteroatoms. The number of carbonyl (C=O) groups is 1. The van der Waals surface area contributed by atoms with Crippen molar-refractivity contribution in [2.24, 2.45) is 0 Å². The summed E-state index contributed by atoms with van der Waals surface area (Å²) in [5.41, 5.74) is 2.45. The molecule has 0 fully saturated rings. The summed E-state index contributed by atoms with van der Waals surface area (Å²) in [5.74, 6) is 0.993. The molecule has 0 bridgehead atoms. The van der Waals surface area contributed by atoms with E-state index in [2.05, 4.69) is 0 Å². The van der Waals surface area contributed by atoms with E-state index < -0.39 is 0 Å². The Morgan fingerprint density at radius 1 is 1.15 bits per heavy atom. The van der Waals surface area contributed by atoms with Crippen LogP contribution in [-0.4, -0.2) is 10.9 Å². The fourth-order valence-electron chi connectivity index (χ4n) is 2.09. The summed E-state index contributed by atoms with van der Waals surface area (Å²) in [6, 6.07) is 12.5. The topological polar surface area (TPSA) is 46.5 Å². The van der Waals surface area contributed by atoms with Gasteiger partial charge in [0.15, 0.2) is 5.78 Å². The Kier molecular flexibility index (Phi) is 4.41. The Hall–Kier alpha value is -2.29. The van der Waals surface area contributed by atoms with Gasteiger partial charge in [-0.3, -0.25) is 4.79 Å². The summed E-state index contributed by atoms with van der Waals surface area (Å²) in [6.45, 7) is 3.88. The molecule has 20 heavy (non-hydrogen) atoms. The van der Waals surface area contributed by atoms with Gasteiger partial charge in [0.1, 0.15) is 18.1 Å². The fraction of sp³-hybridized carbons (Fsp3) is 0.235. The molecule has 0 unspecified atom stereocenters. The number of hydrogen-bond acceptors (Lipinski definition) is 3. The first-order valence-electron chi connectivity index (χ1n) is 6.65. The minimum atomic E-state index is 0.0640. The first-order chi connectivity index (χ1) is 9.61. The first kappa shape index (κ1) is 14.1. The third-order valence-corrected chi connectivity index (χ3v) is 3.22. The summed E-state index contributed by atoms with van der Waals surface area (Å²) in [7, 11) is 0. The maximum Gasteiger partial charge on any atom is 0.160 e. The molecule has 0 aliphatic carbocycles. The number of hydrogen-bond donors (Lipinski definition) is 1. The molecule has 0 atom stereocenters. The monoisotopic (exact) mass is 270 g/mol. The van der Waals surface area contributed by atoms with E-state index in [0.717, 1.165) is 23.1 Å². The molecule has 0 amide bonds. The molecule has 0 saturated carbocycles. The third-order valence-electron chi connectivity index (χ3n) is 3.22. The van der Waals surface area contributed by atoms with E-state index >= 15 is 0 Å². The van der Waals surface area contributed by atoms with Gasteiger partial charge < -0.3 is 9.84 Å². The van der Waals surface area contributed by atoms with Crippen LogP contribution in [0.2, 0.25) is 0 Å². The molecule has 0 aliphatic heterocycles. The highest BCUT2D eigenvalue weighted by Crippen LogP contribution is 2.22. The maximum absolute atomic E-state index is 11.5. The van der Waals surface area contributed by atoms with E-state index in [1.165, 1.54) is 0 Å². The predicted molar refractivity (Wildman–Crippen MR) is 78.3 cm³/mol. The van der Waals surface area contributed by atoms with Crippen molar-refractivity contribution in [3.63, 3.8) is 0 Å². The second kappa shape index (κ2) is 6.24. The van der Waals surface area contributed by atoms with Crippen LogP contribution in [0.4, 0.5) is 0 Å². The zero-order chi connectivity index (χ0) is 14.5. The van der Waals surface area contributed by atoms with Gasteiger partial charge in [0.2, 0.25) is 0 Å². The summed E-state index contributed by atoms with van der Waals surface area (Å²) in [6.07, 6.45) is 0.780. The zero-order valence-electron chi connectivity index (χ0n) is 11.7. The Morgan fingerprint density at radius 3 is 2.55 bits per heavy atom. The number of carbonyl (C=O) groups excluding carboxylic acids is 1. The number of para-hydroxylation sites is 1. The van der Waals surface area contributed by atoms with E-state index in [4.69, 9.17) is 4.74 Å². The zero-order valence-corrected chi connectivity index (χ0v) is 11.7. The first-order valence-corrected chi connectivity index (χ1v) is 6.65. The number of rotatable bonds is 5. The predicted octanol–water partition coefficient (Wildman–Crippen LogP) is 3.74. The Bertz CT molecular complexity index is 617. The van der Waals surface area contributed by atoms with Crippen LogP contribution < -0.4 is 4.74 Å². The number of ether oxygens (including phenoxy) is 1. The van der Waals surface area contributed by atoms with Gasteiger partial charge in [0.05, 0.1) is 0 Å². The van der Waals surface area contributed by atoms with Crippen LogP contribution in [-0.2, 0) is 13.0 Å². The highest BCUT2D eigenvalue weighted by atomic mass is 16.5. The van der Waals surface area contributed by atoms with Crippen LogP contribution in [0.1, 0.15) is 35.3 Å². The lowest BCUT2D eigenvalue weighted by Crippen LogP contribution is -2.01. The quantitative estimate of drug-likeness (QED) is 0.842. The number of Topliss-reactive ketones (excluding diaryl/α,β-unsaturated/α-hetero) is 1. The van der Waals surface area contributed by atoms with Gasteiger partial charge in [0, 0.05) is 11.1 Å². The van der Waals surface area contributed by atoms with Crippen molar-refractivity contribution < 1.29 is 14.6 Å². The smallest absolute Gasteiger partial charge is 0.160 e. The number of ketones is 1. The number of phenols is 1. The maximum atomic E-state index is 11.5.